The number of amides is 2. The van der Waals surface area contributed by atoms with Crippen molar-refractivity contribution in [2.45, 2.75) is 18.7 Å². The Bertz CT molecular complexity index is 997. The summed E-state index contributed by atoms with van der Waals surface area (Å²) in [4.78, 5) is 12.0. The van der Waals surface area contributed by atoms with Gasteiger partial charge in [-0.1, -0.05) is 18.2 Å². The van der Waals surface area contributed by atoms with Gasteiger partial charge < -0.3 is 5.32 Å². The number of hydrogen-bond acceptors (Lipinski definition) is 5. The Kier molecular flexibility index (Phi) is 5.18. The summed E-state index contributed by atoms with van der Waals surface area (Å²) in [6.07, 6.45) is 3.92. The third-order valence-electron chi connectivity index (χ3n) is 3.88. The van der Waals surface area contributed by atoms with Gasteiger partial charge in [-0.2, -0.15) is 0 Å². The molecule has 2 amide bonds. The molecule has 0 fully saturated rings. The number of sulfonamides is 1. The topological polar surface area (TPSA) is 90.5 Å². The van der Waals surface area contributed by atoms with Crippen molar-refractivity contribution >= 4 is 27.4 Å². The van der Waals surface area contributed by atoms with Crippen LogP contribution in [0.25, 0.3) is 0 Å². The van der Waals surface area contributed by atoms with Gasteiger partial charge in [0.25, 0.3) is 10.0 Å². The molecule has 0 saturated heterocycles. The maximum Gasteiger partial charge on any atom is 0.333 e. The largest absolute Gasteiger partial charge is 0.333 e. The molecule has 1 aliphatic rings. The molecule has 0 radical (unpaired) electrons. The first-order chi connectivity index (χ1) is 12.8. The van der Waals surface area contributed by atoms with E-state index in [0.29, 0.717) is 5.69 Å². The lowest BCUT2D eigenvalue weighted by molar-refractivity contribution is 0.256. The molecule has 0 aromatic heterocycles. The van der Waals surface area contributed by atoms with Gasteiger partial charge in [0.1, 0.15) is 0 Å². The number of carbonyl (C=O) groups excluding carboxylic acids is 1. The van der Waals surface area contributed by atoms with Crippen LogP contribution in [0.2, 0.25) is 0 Å². The quantitative estimate of drug-likeness (QED) is 0.752. The number of nitrogens with one attached hydrogen (secondary N) is 3. The number of rotatable bonds is 4. The smallest absolute Gasteiger partial charge is 0.307 e. The summed E-state index contributed by atoms with van der Waals surface area (Å²) in [6, 6.07) is 14.0. The van der Waals surface area contributed by atoms with E-state index in [2.05, 4.69) is 10.7 Å². The molecule has 3 rings (SSSR count). The van der Waals surface area contributed by atoms with Crippen LogP contribution in [-0.4, -0.2) is 14.4 Å². The molecule has 8 heteroatoms. The minimum Gasteiger partial charge on any atom is -0.307 e. The number of para-hydroxylation sites is 1. The van der Waals surface area contributed by atoms with E-state index in [-0.39, 0.29) is 4.90 Å². The van der Waals surface area contributed by atoms with E-state index in [0.717, 1.165) is 17.1 Å². The maximum absolute atomic E-state index is 12.4. The molecular formula is C19H20N4O3S. The molecule has 0 spiro atoms. The normalized spacial score (nSPS) is 13.9. The fourth-order valence-electron chi connectivity index (χ4n) is 2.52. The second-order valence-electron chi connectivity index (χ2n) is 6.02. The van der Waals surface area contributed by atoms with E-state index in [4.69, 9.17) is 0 Å². The van der Waals surface area contributed by atoms with Gasteiger partial charge >= 0.3 is 6.03 Å². The van der Waals surface area contributed by atoms with Crippen LogP contribution in [0.5, 0.6) is 0 Å². The third kappa shape index (κ3) is 4.48. The van der Waals surface area contributed by atoms with Crippen LogP contribution < -0.4 is 20.5 Å². The predicted molar refractivity (Wildman–Crippen MR) is 105 cm³/mol. The van der Waals surface area contributed by atoms with Crippen molar-refractivity contribution in [3.8, 4) is 0 Å². The Balaban J connectivity index is 1.71. The van der Waals surface area contributed by atoms with Crippen LogP contribution in [0, 0.1) is 0 Å². The number of hydrogen-bond donors (Lipinski definition) is 3. The van der Waals surface area contributed by atoms with E-state index < -0.39 is 16.1 Å². The second-order valence-corrected chi connectivity index (χ2v) is 7.71. The first-order valence-corrected chi connectivity index (χ1v) is 9.74. The fourth-order valence-corrected chi connectivity index (χ4v) is 3.43. The van der Waals surface area contributed by atoms with Crippen molar-refractivity contribution in [3.05, 3.63) is 78.1 Å². The van der Waals surface area contributed by atoms with E-state index in [1.165, 1.54) is 12.1 Å². The highest BCUT2D eigenvalue weighted by Gasteiger charge is 2.19. The summed E-state index contributed by atoms with van der Waals surface area (Å²) in [6.45, 7) is 3.88. The van der Waals surface area contributed by atoms with Gasteiger partial charge in [-0.15, -0.1) is 0 Å². The minimum atomic E-state index is -3.98. The molecule has 0 unspecified atom stereocenters. The molecule has 1 heterocycles. The predicted octanol–water partition coefficient (Wildman–Crippen LogP) is 3.33. The van der Waals surface area contributed by atoms with Crippen molar-refractivity contribution in [2.75, 3.05) is 10.3 Å². The molecule has 0 aliphatic carbocycles. The van der Waals surface area contributed by atoms with Crippen LogP contribution in [0.3, 0.4) is 0 Å². The molecule has 0 atom stereocenters. The zero-order chi connectivity index (χ0) is 19.4. The first kappa shape index (κ1) is 18.5. The summed E-state index contributed by atoms with van der Waals surface area (Å²) in [5, 5.41) is 4.33. The zero-order valence-electron chi connectivity index (χ0n) is 14.9. The fraction of sp³-hybridized carbons (Fsp3) is 0.105. The van der Waals surface area contributed by atoms with Crippen molar-refractivity contribution in [2.24, 2.45) is 0 Å². The van der Waals surface area contributed by atoms with E-state index >= 15 is 0 Å². The highest BCUT2D eigenvalue weighted by Crippen LogP contribution is 2.22. The lowest BCUT2D eigenvalue weighted by atomic mass is 10.2. The molecule has 0 saturated carbocycles. The van der Waals surface area contributed by atoms with Crippen LogP contribution >= 0.6 is 0 Å². The average Bonchev–Trinajstić information content (AvgIpc) is 2.64. The summed E-state index contributed by atoms with van der Waals surface area (Å²) < 4.78 is 26.8. The Morgan fingerprint density at radius 2 is 1.63 bits per heavy atom. The summed E-state index contributed by atoms with van der Waals surface area (Å²) in [7, 11) is -3.98. The van der Waals surface area contributed by atoms with Crippen LogP contribution in [-0.2, 0) is 10.0 Å². The van der Waals surface area contributed by atoms with Crippen LogP contribution in [0.1, 0.15) is 13.8 Å². The van der Waals surface area contributed by atoms with Crippen LogP contribution in [0.4, 0.5) is 16.2 Å². The Morgan fingerprint density at radius 1 is 0.963 bits per heavy atom. The number of hydrazine groups is 1. The summed E-state index contributed by atoms with van der Waals surface area (Å²) in [5.74, 6) is 0. The average molecular weight is 384 g/mol. The Hall–Kier alpha value is -3.26. The van der Waals surface area contributed by atoms with E-state index in [1.54, 1.807) is 42.5 Å². The number of carbonyl (C=O) groups is 1. The van der Waals surface area contributed by atoms with Gasteiger partial charge in [0, 0.05) is 17.1 Å². The van der Waals surface area contributed by atoms with E-state index in [1.807, 2.05) is 35.7 Å². The summed E-state index contributed by atoms with van der Waals surface area (Å²) in [5.41, 5.74) is 6.42. The van der Waals surface area contributed by atoms with Crippen LogP contribution in [0.15, 0.2) is 83.0 Å². The van der Waals surface area contributed by atoms with Gasteiger partial charge in [-0.25, -0.2) is 17.9 Å². The van der Waals surface area contributed by atoms with Gasteiger partial charge in [-0.3, -0.25) is 10.4 Å². The van der Waals surface area contributed by atoms with Gasteiger partial charge in [0.15, 0.2) is 0 Å². The molecular weight excluding hydrogens is 364 g/mol. The van der Waals surface area contributed by atoms with E-state index in [9.17, 15) is 13.2 Å². The van der Waals surface area contributed by atoms with Crippen molar-refractivity contribution in [1.29, 1.82) is 0 Å². The molecule has 7 nitrogen and oxygen atoms in total. The van der Waals surface area contributed by atoms with Gasteiger partial charge in [0.05, 0.1) is 10.6 Å². The van der Waals surface area contributed by atoms with Gasteiger partial charge in [0.2, 0.25) is 0 Å². The monoisotopic (exact) mass is 384 g/mol. The zero-order valence-corrected chi connectivity index (χ0v) is 15.7. The number of benzene rings is 2. The molecule has 140 valence electrons. The summed E-state index contributed by atoms with van der Waals surface area (Å²) >= 11 is 0. The molecule has 3 N–H and O–H groups in total. The maximum atomic E-state index is 12.4. The number of urea groups is 1. The minimum absolute atomic E-state index is 0.000341. The highest BCUT2D eigenvalue weighted by molar-refractivity contribution is 7.90. The first-order valence-electron chi connectivity index (χ1n) is 8.26. The third-order valence-corrected chi connectivity index (χ3v) is 5.23. The number of allylic oxidation sites excluding steroid dienone is 4. The number of anilines is 2. The Morgan fingerprint density at radius 3 is 2.30 bits per heavy atom. The lowest BCUT2D eigenvalue weighted by Crippen LogP contribution is -2.37. The second kappa shape index (κ2) is 7.55. The molecule has 27 heavy (non-hydrogen) atoms. The van der Waals surface area contributed by atoms with Crippen molar-refractivity contribution in [3.63, 3.8) is 0 Å². The molecule has 1 aliphatic heterocycles. The molecule has 2 aromatic carbocycles. The Labute approximate surface area is 158 Å². The van der Waals surface area contributed by atoms with Crippen molar-refractivity contribution < 1.29 is 13.2 Å². The standard InChI is InChI=1S/C19H20N4O3S/c1-14-8-9-15(2)23(21-14)17-10-12-18(13-11-17)27(25,26)22-19(24)20-16-6-4-3-5-7-16/h3-13,21H,1-2H3,(H2,20,22,24). The lowest BCUT2D eigenvalue weighted by Gasteiger charge is -2.30. The van der Waals surface area contributed by atoms with Gasteiger partial charge in [-0.05, 0) is 62.4 Å². The molecule has 2 aromatic rings. The number of nitrogens with zero attached hydrogens (tertiary/aromatic N) is 1. The SMILES string of the molecule is CC1=CC=C(C)N(c2ccc(S(=O)(=O)NC(=O)Nc3ccccc3)cc2)N1. The molecule has 0 bridgehead atoms. The van der Waals surface area contributed by atoms with Crippen molar-refractivity contribution in [1.82, 2.24) is 10.1 Å². The highest BCUT2D eigenvalue weighted by atomic mass is 32.2.